The van der Waals surface area contributed by atoms with Gasteiger partial charge in [0.2, 0.25) is 0 Å². The van der Waals surface area contributed by atoms with Crippen molar-refractivity contribution in [2.24, 2.45) is 16.3 Å². The van der Waals surface area contributed by atoms with Crippen LogP contribution < -0.4 is 0 Å². The number of carbonyl (C=O) groups is 1. The Morgan fingerprint density at radius 2 is 1.57 bits per heavy atom. The van der Waals surface area contributed by atoms with Gasteiger partial charge in [0.1, 0.15) is 23.1 Å². The molecule has 0 unspecified atom stereocenters. The summed E-state index contributed by atoms with van der Waals surface area (Å²) in [5.41, 5.74) is -2.49. The number of hydrogen-bond acceptors (Lipinski definition) is 3. The predicted molar refractivity (Wildman–Crippen MR) is 132 cm³/mol. The lowest BCUT2D eigenvalue weighted by Gasteiger charge is -2.26. The largest absolute Gasteiger partial charge is 0.394 e. The molecule has 3 nitrogen and oxygen atoms in total. The van der Waals surface area contributed by atoms with Gasteiger partial charge in [0.05, 0.1) is 11.0 Å². The van der Waals surface area contributed by atoms with Crippen molar-refractivity contribution in [2.45, 2.75) is 113 Å². The highest BCUT2D eigenvalue weighted by molar-refractivity contribution is 5.84. The van der Waals surface area contributed by atoms with Crippen LogP contribution in [0.25, 0.3) is 0 Å². The van der Waals surface area contributed by atoms with Gasteiger partial charge >= 0.3 is 6.18 Å². The molecule has 1 aromatic rings. The van der Waals surface area contributed by atoms with Gasteiger partial charge in [0.25, 0.3) is 0 Å². The lowest BCUT2D eigenvalue weighted by atomic mass is 9.86. The molecular weight excluding hydrogens is 465 g/mol. The molecule has 1 aliphatic carbocycles. The maximum absolute atomic E-state index is 14.1. The van der Waals surface area contributed by atoms with E-state index in [2.05, 4.69) is 11.9 Å². The van der Waals surface area contributed by atoms with E-state index in [1.54, 1.807) is 13.8 Å². The molecule has 1 aliphatic rings. The van der Waals surface area contributed by atoms with Gasteiger partial charge in [-0.2, -0.15) is 13.2 Å². The number of nitrogens with zero attached hydrogens (tertiary/aromatic N) is 1. The number of aliphatic imine (C=N–C) groups is 1. The van der Waals surface area contributed by atoms with E-state index in [4.69, 9.17) is 0 Å². The van der Waals surface area contributed by atoms with Crippen LogP contribution in [0.4, 0.5) is 27.6 Å². The predicted octanol–water partition coefficient (Wildman–Crippen LogP) is 8.75. The summed E-state index contributed by atoms with van der Waals surface area (Å²) in [7, 11) is 0. The van der Waals surface area contributed by atoms with E-state index in [1.165, 1.54) is 40.0 Å². The first-order valence-electron chi connectivity index (χ1n) is 12.1. The van der Waals surface area contributed by atoms with Gasteiger partial charge in [-0.05, 0) is 46.1 Å². The lowest BCUT2D eigenvalue weighted by molar-refractivity contribution is -0.213. The van der Waals surface area contributed by atoms with Crippen LogP contribution in [0.3, 0.4) is 0 Å². The molecule has 0 bridgehead atoms. The molecule has 0 radical (unpaired) electrons. The average Bonchev–Trinajstić information content (AvgIpc) is 2.70. The molecule has 8 heteroatoms. The molecule has 1 fully saturated rings. The van der Waals surface area contributed by atoms with E-state index in [0.717, 1.165) is 31.5 Å². The Hall–Kier alpha value is -1.83. The van der Waals surface area contributed by atoms with E-state index >= 15 is 0 Å². The van der Waals surface area contributed by atoms with Crippen molar-refractivity contribution in [3.8, 4) is 0 Å². The van der Waals surface area contributed by atoms with Gasteiger partial charge in [-0.15, -0.1) is 0 Å². The van der Waals surface area contributed by atoms with Crippen molar-refractivity contribution >= 4 is 17.2 Å². The minimum atomic E-state index is -4.29. The highest BCUT2D eigenvalue weighted by atomic mass is 19.4. The number of halogens is 5. The van der Waals surface area contributed by atoms with Crippen LogP contribution in [-0.4, -0.2) is 22.8 Å². The number of Topliss-reactive ketones (excluding diaryl/α,β-unsaturated/α-hetero) is 1. The van der Waals surface area contributed by atoms with Gasteiger partial charge < -0.3 is 5.11 Å². The summed E-state index contributed by atoms with van der Waals surface area (Å²) in [5, 5.41) is 9.80. The molecule has 35 heavy (non-hydrogen) atoms. The van der Waals surface area contributed by atoms with E-state index in [9.17, 15) is 31.9 Å². The van der Waals surface area contributed by atoms with E-state index in [1.807, 2.05) is 6.92 Å². The molecule has 0 aromatic heterocycles. The standard InChI is InChI=1S/C14H19F2NO.C8H13F3O.C5H10/c1-6-8(2)17-13-9(3)12(16)10(7-11(13)15)14(4,5)18;1-4-6(12)5-7(2,3)8(9,10)11;1-5-3-2-4-5/h7,18H,6H2,1-5H3;4-5H2,1-3H3;5H,2-4H2,1H3. The van der Waals surface area contributed by atoms with Gasteiger partial charge in [-0.3, -0.25) is 9.79 Å². The van der Waals surface area contributed by atoms with Crippen molar-refractivity contribution in [2.75, 3.05) is 0 Å². The fourth-order valence-electron chi connectivity index (χ4n) is 2.93. The first-order valence-corrected chi connectivity index (χ1v) is 12.1. The van der Waals surface area contributed by atoms with Crippen LogP contribution in [-0.2, 0) is 10.4 Å². The SMILES string of the molecule is CC1CCC1.CCC(=O)CC(C)(C)C(F)(F)F.CCC(C)=Nc1c(F)cc(C(C)(C)O)c(F)c1C. The Labute approximate surface area is 207 Å². The quantitative estimate of drug-likeness (QED) is 0.309. The highest BCUT2D eigenvalue weighted by Gasteiger charge is 2.47. The van der Waals surface area contributed by atoms with Crippen molar-refractivity contribution in [3.05, 3.63) is 28.8 Å². The number of aliphatic hydroxyl groups is 1. The lowest BCUT2D eigenvalue weighted by Crippen LogP contribution is -2.34. The van der Waals surface area contributed by atoms with E-state index < -0.39 is 35.2 Å². The molecule has 0 atom stereocenters. The number of rotatable bonds is 6. The van der Waals surface area contributed by atoms with Gasteiger partial charge in [-0.1, -0.05) is 53.9 Å². The molecule has 202 valence electrons. The number of hydrogen-bond donors (Lipinski definition) is 1. The number of benzene rings is 1. The molecule has 1 aromatic carbocycles. The van der Waals surface area contributed by atoms with Crippen LogP contribution in [0.1, 0.15) is 105 Å². The fourth-order valence-corrected chi connectivity index (χ4v) is 2.93. The summed E-state index contributed by atoms with van der Waals surface area (Å²) >= 11 is 0. The molecule has 1 saturated carbocycles. The Bertz CT molecular complexity index is 864. The van der Waals surface area contributed by atoms with Crippen molar-refractivity contribution in [1.29, 1.82) is 0 Å². The Kier molecular flexibility index (Phi) is 12.8. The maximum Gasteiger partial charge on any atom is 0.394 e. The first-order chi connectivity index (χ1) is 15.8. The summed E-state index contributed by atoms with van der Waals surface area (Å²) < 4.78 is 64.6. The second kappa shape index (κ2) is 13.5. The third kappa shape index (κ3) is 10.8. The molecule has 1 N–H and O–H groups in total. The van der Waals surface area contributed by atoms with Crippen LogP contribution in [0.15, 0.2) is 11.1 Å². The minimum absolute atomic E-state index is 0.0138. The normalized spacial score (nSPS) is 14.9. The summed E-state index contributed by atoms with van der Waals surface area (Å²) in [6.45, 7) is 13.9. The number of carbonyl (C=O) groups excluding carboxylic acids is 1. The maximum atomic E-state index is 14.1. The monoisotopic (exact) mass is 507 g/mol. The highest BCUT2D eigenvalue weighted by Crippen LogP contribution is 2.40. The van der Waals surface area contributed by atoms with Gasteiger partial charge in [-0.25, -0.2) is 8.78 Å². The van der Waals surface area contributed by atoms with Gasteiger partial charge in [0, 0.05) is 29.7 Å². The van der Waals surface area contributed by atoms with Crippen LogP contribution in [0, 0.1) is 29.9 Å². The van der Waals surface area contributed by atoms with Crippen LogP contribution in [0.5, 0.6) is 0 Å². The second-order valence-electron chi connectivity index (χ2n) is 10.4. The average molecular weight is 508 g/mol. The summed E-state index contributed by atoms with van der Waals surface area (Å²) in [5.74, 6) is -0.502. The molecule has 0 heterocycles. The third-order valence-electron chi connectivity index (χ3n) is 6.09. The van der Waals surface area contributed by atoms with Crippen LogP contribution in [0.2, 0.25) is 0 Å². The van der Waals surface area contributed by atoms with E-state index in [-0.39, 0.29) is 29.0 Å². The summed E-state index contributed by atoms with van der Waals surface area (Å²) in [4.78, 5) is 14.9. The third-order valence-corrected chi connectivity index (χ3v) is 6.09. The molecule has 0 aliphatic heterocycles. The van der Waals surface area contributed by atoms with Crippen molar-refractivity contribution < 1.29 is 31.9 Å². The fraction of sp³-hybridized carbons (Fsp3) is 0.704. The number of alkyl halides is 3. The zero-order chi connectivity index (χ0) is 27.8. The zero-order valence-corrected chi connectivity index (χ0v) is 22.6. The topological polar surface area (TPSA) is 49.7 Å². The Morgan fingerprint density at radius 3 is 1.89 bits per heavy atom. The molecule has 2 rings (SSSR count). The van der Waals surface area contributed by atoms with Gasteiger partial charge in [0.15, 0.2) is 0 Å². The van der Waals surface area contributed by atoms with Crippen molar-refractivity contribution in [3.63, 3.8) is 0 Å². The Morgan fingerprint density at radius 1 is 1.09 bits per heavy atom. The number of ketones is 1. The smallest absolute Gasteiger partial charge is 0.386 e. The molecule has 0 amide bonds. The summed E-state index contributed by atoms with van der Waals surface area (Å²) in [6.07, 6.45) is 0.583. The molecule has 0 spiro atoms. The van der Waals surface area contributed by atoms with Crippen molar-refractivity contribution in [1.82, 2.24) is 0 Å². The minimum Gasteiger partial charge on any atom is -0.386 e. The van der Waals surface area contributed by atoms with E-state index in [0.29, 0.717) is 6.42 Å². The summed E-state index contributed by atoms with van der Waals surface area (Å²) in [6, 6.07) is 1.02. The zero-order valence-electron chi connectivity index (χ0n) is 22.6. The molecular formula is C27H42F5NO2. The van der Waals surface area contributed by atoms with Crippen LogP contribution >= 0.6 is 0 Å². The second-order valence-corrected chi connectivity index (χ2v) is 10.4. The Balaban J connectivity index is 0.000000579. The first kappa shape index (κ1) is 33.2. The molecule has 0 saturated heterocycles.